The molecule has 0 aliphatic rings. The normalized spacial score (nSPS) is 12.4. The summed E-state index contributed by atoms with van der Waals surface area (Å²) >= 11 is 1.67. The van der Waals surface area contributed by atoms with Crippen molar-refractivity contribution >= 4 is 19.7 Å². The number of hydrogen-bond donors (Lipinski definition) is 0. The van der Waals surface area contributed by atoms with Gasteiger partial charge >= 0.3 is 0 Å². The maximum absolute atomic E-state index is 5.99. The van der Waals surface area contributed by atoms with Crippen molar-refractivity contribution in [3.63, 3.8) is 0 Å². The molecule has 0 fully saturated rings. The molecule has 0 aromatic carbocycles. The lowest BCUT2D eigenvalue weighted by atomic mass is 10.3. The topological polar surface area (TPSA) is 22.1 Å². The number of nitrogens with zero attached hydrogens (tertiary/aromatic N) is 1. The summed E-state index contributed by atoms with van der Waals surface area (Å²) in [6.07, 6.45) is 1.89. The van der Waals surface area contributed by atoms with Crippen LogP contribution in [-0.2, 0) is 11.0 Å². The molecule has 1 aromatic rings. The lowest BCUT2D eigenvalue weighted by Gasteiger charge is -2.24. The van der Waals surface area contributed by atoms with Gasteiger partial charge in [-0.25, -0.2) is 0 Å². The Morgan fingerprint density at radius 3 is 2.71 bits per heavy atom. The average Bonchev–Trinajstić information content (AvgIpc) is 2.50. The molecule has 1 aromatic heterocycles. The summed E-state index contributed by atoms with van der Waals surface area (Å²) < 4.78 is 5.99. The maximum atomic E-state index is 5.99. The monoisotopic (exact) mass is 229 g/mol. The molecule has 0 bridgehead atoms. The first-order valence-electron chi connectivity index (χ1n) is 5.01. The van der Waals surface area contributed by atoms with Gasteiger partial charge in [-0.1, -0.05) is 13.8 Å². The van der Waals surface area contributed by atoms with E-state index in [-0.39, 0.29) is 0 Å². The molecule has 0 spiro atoms. The zero-order valence-electron chi connectivity index (χ0n) is 9.41. The second-order valence-electron chi connectivity index (χ2n) is 4.61. The average molecular weight is 229 g/mol. The fourth-order valence-corrected chi connectivity index (χ4v) is 4.86. The number of thiazole rings is 1. The van der Waals surface area contributed by atoms with Crippen molar-refractivity contribution in [3.05, 3.63) is 16.6 Å². The molecule has 14 heavy (non-hydrogen) atoms. The van der Waals surface area contributed by atoms with Gasteiger partial charge in [0.2, 0.25) is 0 Å². The Labute approximate surface area is 91.5 Å². The third-order valence-electron chi connectivity index (χ3n) is 1.99. The summed E-state index contributed by atoms with van der Waals surface area (Å²) in [6.45, 7) is 9.83. The predicted molar refractivity (Wildman–Crippen MR) is 64.0 cm³/mol. The van der Waals surface area contributed by atoms with Crippen molar-refractivity contribution in [2.24, 2.45) is 5.92 Å². The number of hydrogen-bond acceptors (Lipinski definition) is 3. The smallest absolute Gasteiger partial charge is 0.187 e. The molecule has 1 heterocycles. The summed E-state index contributed by atoms with van der Waals surface area (Å²) in [4.78, 5) is 5.27. The Morgan fingerprint density at radius 1 is 1.50 bits per heavy atom. The molecule has 0 N–H and O–H groups in total. The number of rotatable bonds is 5. The molecule has 0 aliphatic carbocycles. The van der Waals surface area contributed by atoms with Crippen LogP contribution in [0.15, 0.2) is 11.7 Å². The van der Waals surface area contributed by atoms with E-state index < -0.39 is 8.32 Å². The van der Waals surface area contributed by atoms with Crippen molar-refractivity contribution in [1.82, 2.24) is 4.98 Å². The minimum absolute atomic E-state index is 0.734. The molecule has 80 valence electrons. The van der Waals surface area contributed by atoms with Crippen molar-refractivity contribution in [2.45, 2.75) is 39.6 Å². The van der Waals surface area contributed by atoms with Crippen LogP contribution in [0.2, 0.25) is 19.1 Å². The second-order valence-corrected chi connectivity index (χ2v) is 9.80. The van der Waals surface area contributed by atoms with E-state index in [9.17, 15) is 0 Å². The third kappa shape index (κ3) is 4.35. The Balaban J connectivity index is 2.36. The Morgan fingerprint density at radius 2 is 2.21 bits per heavy atom. The molecule has 0 saturated carbocycles. The molecule has 0 atom stereocenters. The highest BCUT2D eigenvalue weighted by atomic mass is 32.1. The summed E-state index contributed by atoms with van der Waals surface area (Å²) in [6, 6.07) is 1.23. The quantitative estimate of drug-likeness (QED) is 0.721. The minimum Gasteiger partial charge on any atom is -0.412 e. The first kappa shape index (κ1) is 11.9. The third-order valence-corrected chi connectivity index (χ3v) is 5.47. The highest BCUT2D eigenvalue weighted by molar-refractivity contribution is 7.09. The first-order valence-corrected chi connectivity index (χ1v) is 9.00. The van der Waals surface area contributed by atoms with E-state index in [1.807, 2.05) is 11.7 Å². The van der Waals surface area contributed by atoms with Crippen LogP contribution in [0.3, 0.4) is 0 Å². The Bertz CT molecular complexity index is 259. The lowest BCUT2D eigenvalue weighted by molar-refractivity contribution is 0.294. The van der Waals surface area contributed by atoms with Crippen LogP contribution in [-0.4, -0.2) is 13.3 Å². The van der Waals surface area contributed by atoms with Crippen LogP contribution >= 0.6 is 11.3 Å². The van der Waals surface area contributed by atoms with Crippen LogP contribution in [0, 0.1) is 5.92 Å². The molecule has 0 amide bonds. The van der Waals surface area contributed by atoms with Crippen LogP contribution in [0.25, 0.3) is 0 Å². The molecule has 1 rings (SSSR count). The summed E-state index contributed by atoms with van der Waals surface area (Å²) in [7, 11) is -1.44. The van der Waals surface area contributed by atoms with Crippen LogP contribution in [0.4, 0.5) is 0 Å². The molecule has 0 radical (unpaired) electrons. The van der Waals surface area contributed by atoms with Gasteiger partial charge in [0.25, 0.3) is 0 Å². The summed E-state index contributed by atoms with van der Waals surface area (Å²) in [5.41, 5.74) is 1.86. The molecule has 0 unspecified atom stereocenters. The van der Waals surface area contributed by atoms with Crippen molar-refractivity contribution in [2.75, 3.05) is 0 Å². The number of aromatic nitrogens is 1. The van der Waals surface area contributed by atoms with E-state index in [1.54, 1.807) is 11.3 Å². The standard InChI is InChI=1S/C10H19NOSSi/c1-9(2)7-14(3,4)12-6-10-5-11-8-13-10/h5,8-9H,6-7H2,1-4H3. The van der Waals surface area contributed by atoms with Gasteiger partial charge in [0.15, 0.2) is 8.32 Å². The van der Waals surface area contributed by atoms with Gasteiger partial charge in [-0.15, -0.1) is 11.3 Å². The SMILES string of the molecule is CC(C)C[Si](C)(C)OCc1cncs1. The van der Waals surface area contributed by atoms with Crippen LogP contribution in [0.1, 0.15) is 18.7 Å². The zero-order chi connectivity index (χ0) is 10.6. The summed E-state index contributed by atoms with van der Waals surface area (Å²) in [5, 5.41) is 0. The minimum atomic E-state index is -1.44. The van der Waals surface area contributed by atoms with Gasteiger partial charge in [-0.3, -0.25) is 4.98 Å². The van der Waals surface area contributed by atoms with Crippen LogP contribution in [0.5, 0.6) is 0 Å². The van der Waals surface area contributed by atoms with Gasteiger partial charge in [-0.05, 0) is 25.1 Å². The van der Waals surface area contributed by atoms with Gasteiger partial charge in [-0.2, -0.15) is 0 Å². The van der Waals surface area contributed by atoms with E-state index in [2.05, 4.69) is 31.9 Å². The second kappa shape index (κ2) is 5.05. The van der Waals surface area contributed by atoms with E-state index in [0.717, 1.165) is 12.5 Å². The van der Waals surface area contributed by atoms with Crippen LogP contribution < -0.4 is 0 Å². The Kier molecular flexibility index (Phi) is 4.28. The fourth-order valence-electron chi connectivity index (χ4n) is 1.62. The highest BCUT2D eigenvalue weighted by Gasteiger charge is 2.23. The predicted octanol–water partition coefficient (Wildman–Crippen LogP) is 3.52. The summed E-state index contributed by atoms with van der Waals surface area (Å²) in [5.74, 6) is 0.734. The van der Waals surface area contributed by atoms with Crippen molar-refractivity contribution in [1.29, 1.82) is 0 Å². The van der Waals surface area contributed by atoms with Gasteiger partial charge in [0.05, 0.1) is 12.1 Å². The largest absolute Gasteiger partial charge is 0.412 e. The van der Waals surface area contributed by atoms with E-state index in [4.69, 9.17) is 4.43 Å². The van der Waals surface area contributed by atoms with E-state index >= 15 is 0 Å². The maximum Gasteiger partial charge on any atom is 0.187 e. The zero-order valence-corrected chi connectivity index (χ0v) is 11.2. The van der Waals surface area contributed by atoms with Crippen molar-refractivity contribution < 1.29 is 4.43 Å². The lowest BCUT2D eigenvalue weighted by Crippen LogP contribution is -2.31. The molecular formula is C10H19NOSSi. The molecule has 0 aliphatic heterocycles. The first-order chi connectivity index (χ1) is 6.49. The van der Waals surface area contributed by atoms with E-state index in [0.29, 0.717) is 0 Å². The molecule has 2 nitrogen and oxygen atoms in total. The van der Waals surface area contributed by atoms with Gasteiger partial charge < -0.3 is 4.43 Å². The van der Waals surface area contributed by atoms with Crippen molar-refractivity contribution in [3.8, 4) is 0 Å². The van der Waals surface area contributed by atoms with E-state index in [1.165, 1.54) is 10.9 Å². The van der Waals surface area contributed by atoms with Gasteiger partial charge in [0.1, 0.15) is 0 Å². The molecule has 4 heteroatoms. The fraction of sp³-hybridized carbons (Fsp3) is 0.700. The molecule has 0 saturated heterocycles. The van der Waals surface area contributed by atoms with Gasteiger partial charge in [0, 0.05) is 11.1 Å². The molecular weight excluding hydrogens is 210 g/mol. The highest BCUT2D eigenvalue weighted by Crippen LogP contribution is 2.20. The Hall–Kier alpha value is -0.193.